The van der Waals surface area contributed by atoms with Crippen molar-refractivity contribution in [3.05, 3.63) is 36.2 Å². The van der Waals surface area contributed by atoms with Crippen LogP contribution in [-0.4, -0.2) is 33.2 Å². The first-order valence-corrected chi connectivity index (χ1v) is 8.85. The van der Waals surface area contributed by atoms with E-state index in [1.165, 1.54) is 11.8 Å². The van der Waals surface area contributed by atoms with Crippen LogP contribution in [0.3, 0.4) is 0 Å². The van der Waals surface area contributed by atoms with E-state index in [0.29, 0.717) is 24.1 Å². The lowest BCUT2D eigenvalue weighted by Crippen LogP contribution is -2.26. The van der Waals surface area contributed by atoms with Gasteiger partial charge >= 0.3 is 0 Å². The van der Waals surface area contributed by atoms with E-state index in [1.54, 1.807) is 0 Å². The van der Waals surface area contributed by atoms with Crippen LogP contribution in [0.25, 0.3) is 0 Å². The standard InChI is InChI=1S/C16H22N6OS/c1-3-9-18-13(23)10-24-11(2)14-20-15(17)22-16(21-14)19-12-7-5-4-6-8-12/h4-8,11H,3,9-10H2,1-2H3,(H,18,23)(H3,17,19,20,21,22). The van der Waals surface area contributed by atoms with Gasteiger partial charge in [0.15, 0.2) is 0 Å². The van der Waals surface area contributed by atoms with E-state index in [1.807, 2.05) is 44.2 Å². The van der Waals surface area contributed by atoms with Crippen LogP contribution in [0.5, 0.6) is 0 Å². The van der Waals surface area contributed by atoms with Crippen LogP contribution in [0.2, 0.25) is 0 Å². The van der Waals surface area contributed by atoms with Gasteiger partial charge in [-0.2, -0.15) is 15.0 Å². The minimum Gasteiger partial charge on any atom is -0.368 e. The summed E-state index contributed by atoms with van der Waals surface area (Å²) < 4.78 is 0. The number of rotatable bonds is 8. The van der Waals surface area contributed by atoms with Gasteiger partial charge < -0.3 is 16.4 Å². The van der Waals surface area contributed by atoms with E-state index < -0.39 is 0 Å². The van der Waals surface area contributed by atoms with Crippen molar-refractivity contribution in [2.24, 2.45) is 0 Å². The molecule has 1 atom stereocenters. The Morgan fingerprint density at radius 1 is 1.25 bits per heavy atom. The number of nitrogen functional groups attached to an aromatic ring is 1. The second-order valence-electron chi connectivity index (χ2n) is 5.17. The molecular formula is C16H22N6OS. The van der Waals surface area contributed by atoms with Gasteiger partial charge in [0.2, 0.25) is 17.8 Å². The topological polar surface area (TPSA) is 106 Å². The number of para-hydroxylation sites is 1. The van der Waals surface area contributed by atoms with Gasteiger partial charge in [-0.25, -0.2) is 0 Å². The summed E-state index contributed by atoms with van der Waals surface area (Å²) >= 11 is 1.46. The zero-order valence-corrected chi connectivity index (χ0v) is 14.6. The van der Waals surface area contributed by atoms with E-state index in [0.717, 1.165) is 12.1 Å². The summed E-state index contributed by atoms with van der Waals surface area (Å²) in [5.41, 5.74) is 6.65. The Labute approximate surface area is 145 Å². The molecule has 0 radical (unpaired) electrons. The number of aromatic nitrogens is 3. The Bertz CT molecular complexity index is 667. The molecule has 128 valence electrons. The van der Waals surface area contributed by atoms with Gasteiger partial charge in [-0.1, -0.05) is 25.1 Å². The summed E-state index contributed by atoms with van der Waals surface area (Å²) in [4.78, 5) is 24.4. The summed E-state index contributed by atoms with van der Waals surface area (Å²) in [5.74, 6) is 1.47. The van der Waals surface area contributed by atoms with E-state index in [4.69, 9.17) is 5.73 Å². The third-order valence-electron chi connectivity index (χ3n) is 3.10. The highest BCUT2D eigenvalue weighted by molar-refractivity contribution is 8.00. The molecule has 7 nitrogen and oxygen atoms in total. The number of hydrogen-bond donors (Lipinski definition) is 3. The quantitative estimate of drug-likeness (QED) is 0.674. The van der Waals surface area contributed by atoms with Crippen LogP contribution in [0.1, 0.15) is 31.3 Å². The van der Waals surface area contributed by atoms with Gasteiger partial charge in [-0.05, 0) is 25.5 Å². The largest absolute Gasteiger partial charge is 0.368 e. The number of benzene rings is 1. The Morgan fingerprint density at radius 2 is 2.00 bits per heavy atom. The van der Waals surface area contributed by atoms with Crippen LogP contribution >= 0.6 is 11.8 Å². The summed E-state index contributed by atoms with van der Waals surface area (Å²) in [6, 6.07) is 9.59. The van der Waals surface area contributed by atoms with E-state index >= 15 is 0 Å². The molecule has 0 aliphatic carbocycles. The first kappa shape index (κ1) is 18.0. The lowest BCUT2D eigenvalue weighted by molar-refractivity contribution is -0.118. The highest BCUT2D eigenvalue weighted by atomic mass is 32.2. The van der Waals surface area contributed by atoms with Crippen molar-refractivity contribution in [1.82, 2.24) is 20.3 Å². The maximum absolute atomic E-state index is 11.7. The molecule has 1 amide bonds. The number of nitrogens with zero attached hydrogens (tertiary/aromatic N) is 3. The summed E-state index contributed by atoms with van der Waals surface area (Å²) in [5, 5.41) is 5.88. The van der Waals surface area contributed by atoms with Gasteiger partial charge in [0.1, 0.15) is 5.82 Å². The SMILES string of the molecule is CCCNC(=O)CSC(C)c1nc(N)nc(Nc2ccccc2)n1. The predicted octanol–water partition coefficient (Wildman–Crippen LogP) is 2.52. The lowest BCUT2D eigenvalue weighted by Gasteiger charge is -2.12. The third-order valence-corrected chi connectivity index (χ3v) is 4.24. The summed E-state index contributed by atoms with van der Waals surface area (Å²) in [7, 11) is 0. The first-order chi connectivity index (χ1) is 11.6. The van der Waals surface area contributed by atoms with Crippen molar-refractivity contribution in [3.63, 3.8) is 0 Å². The van der Waals surface area contributed by atoms with E-state index in [9.17, 15) is 4.79 Å². The third kappa shape index (κ3) is 5.69. The number of nitrogens with one attached hydrogen (secondary N) is 2. The number of carbonyl (C=O) groups excluding carboxylic acids is 1. The molecule has 0 saturated carbocycles. The normalized spacial score (nSPS) is 11.8. The number of nitrogens with two attached hydrogens (primary N) is 1. The van der Waals surface area contributed by atoms with Crippen LogP contribution in [0, 0.1) is 0 Å². The number of amides is 1. The van der Waals surface area contributed by atoms with Crippen LogP contribution in [0.15, 0.2) is 30.3 Å². The molecule has 1 aromatic carbocycles. The monoisotopic (exact) mass is 346 g/mol. The molecular weight excluding hydrogens is 324 g/mol. The molecule has 4 N–H and O–H groups in total. The molecule has 0 fully saturated rings. The molecule has 24 heavy (non-hydrogen) atoms. The lowest BCUT2D eigenvalue weighted by atomic mass is 10.3. The van der Waals surface area contributed by atoms with Crippen LogP contribution < -0.4 is 16.4 Å². The number of carbonyl (C=O) groups is 1. The maximum atomic E-state index is 11.7. The average molecular weight is 346 g/mol. The fourth-order valence-electron chi connectivity index (χ4n) is 1.89. The van der Waals surface area contributed by atoms with Gasteiger partial charge in [0.05, 0.1) is 11.0 Å². The van der Waals surface area contributed by atoms with Crippen molar-refractivity contribution in [2.75, 3.05) is 23.3 Å². The number of thioether (sulfide) groups is 1. The number of anilines is 3. The average Bonchev–Trinajstić information content (AvgIpc) is 2.58. The smallest absolute Gasteiger partial charge is 0.232 e. The van der Waals surface area contributed by atoms with E-state index in [-0.39, 0.29) is 17.1 Å². The highest BCUT2D eigenvalue weighted by Crippen LogP contribution is 2.26. The van der Waals surface area contributed by atoms with Crippen molar-refractivity contribution in [1.29, 1.82) is 0 Å². The van der Waals surface area contributed by atoms with Crippen molar-refractivity contribution in [3.8, 4) is 0 Å². The van der Waals surface area contributed by atoms with Crippen LogP contribution in [0.4, 0.5) is 17.6 Å². The van der Waals surface area contributed by atoms with Gasteiger partial charge in [0, 0.05) is 12.2 Å². The minimum absolute atomic E-state index is 0.0124. The molecule has 0 bridgehead atoms. The Morgan fingerprint density at radius 3 is 2.71 bits per heavy atom. The fourth-order valence-corrected chi connectivity index (χ4v) is 2.65. The summed E-state index contributed by atoms with van der Waals surface area (Å²) in [6.45, 7) is 4.65. The van der Waals surface area contributed by atoms with Gasteiger partial charge in [-0.3, -0.25) is 4.79 Å². The first-order valence-electron chi connectivity index (χ1n) is 7.80. The highest BCUT2D eigenvalue weighted by Gasteiger charge is 2.14. The Balaban J connectivity index is 2.00. The summed E-state index contributed by atoms with van der Waals surface area (Å²) in [6.07, 6.45) is 0.921. The maximum Gasteiger partial charge on any atom is 0.232 e. The van der Waals surface area contributed by atoms with Gasteiger partial charge in [-0.15, -0.1) is 11.8 Å². The molecule has 8 heteroatoms. The molecule has 1 heterocycles. The fraction of sp³-hybridized carbons (Fsp3) is 0.375. The number of hydrogen-bond acceptors (Lipinski definition) is 7. The van der Waals surface area contributed by atoms with E-state index in [2.05, 4.69) is 25.6 Å². The molecule has 0 spiro atoms. The van der Waals surface area contributed by atoms with Crippen molar-refractivity contribution < 1.29 is 4.79 Å². The second kappa shape index (κ2) is 9.07. The van der Waals surface area contributed by atoms with Crippen molar-refractivity contribution in [2.45, 2.75) is 25.5 Å². The Hall–Kier alpha value is -2.35. The Kier molecular flexibility index (Phi) is 6.80. The zero-order chi connectivity index (χ0) is 17.4. The molecule has 2 aromatic rings. The molecule has 2 rings (SSSR count). The second-order valence-corrected chi connectivity index (χ2v) is 6.50. The zero-order valence-electron chi connectivity index (χ0n) is 13.8. The molecule has 0 aliphatic rings. The predicted molar refractivity (Wildman–Crippen MR) is 98.1 cm³/mol. The minimum atomic E-state index is -0.0704. The molecule has 0 saturated heterocycles. The molecule has 1 aromatic heterocycles. The molecule has 1 unspecified atom stereocenters. The van der Waals surface area contributed by atoms with Crippen LogP contribution in [-0.2, 0) is 4.79 Å². The van der Waals surface area contributed by atoms with Gasteiger partial charge in [0.25, 0.3) is 0 Å². The van der Waals surface area contributed by atoms with Crippen molar-refractivity contribution >= 4 is 35.3 Å². The molecule has 0 aliphatic heterocycles.